The Labute approximate surface area is 206 Å². The van der Waals surface area contributed by atoms with Gasteiger partial charge in [-0.1, -0.05) is 49.6 Å². The number of piperazine rings is 1. The number of oxazole rings is 1. The third-order valence-corrected chi connectivity index (χ3v) is 7.18. The SMILES string of the molecule is N#Cc1cc(NC(=O)C2CCCCC2)ccc1N1CCN(C(c2ccccc2)c2ncco2)CC1. The molecule has 1 atom stereocenters. The van der Waals surface area contributed by atoms with Crippen LogP contribution < -0.4 is 10.2 Å². The molecule has 0 radical (unpaired) electrons. The number of rotatable bonds is 6. The van der Waals surface area contributed by atoms with Crippen molar-refractivity contribution in [2.45, 2.75) is 38.1 Å². The smallest absolute Gasteiger partial charge is 0.227 e. The molecule has 1 aliphatic heterocycles. The van der Waals surface area contributed by atoms with E-state index in [4.69, 9.17) is 4.42 Å². The second-order valence-corrected chi connectivity index (χ2v) is 9.37. The summed E-state index contributed by atoms with van der Waals surface area (Å²) in [4.78, 5) is 21.7. The first-order valence-electron chi connectivity index (χ1n) is 12.5. The fourth-order valence-electron chi connectivity index (χ4n) is 5.32. The number of nitrogens with one attached hydrogen (secondary N) is 1. The second-order valence-electron chi connectivity index (χ2n) is 9.37. The molecule has 2 aliphatic rings. The van der Waals surface area contributed by atoms with Gasteiger partial charge in [-0.15, -0.1) is 0 Å². The van der Waals surface area contributed by atoms with Gasteiger partial charge in [0.25, 0.3) is 0 Å². The highest BCUT2D eigenvalue weighted by atomic mass is 16.3. The molecule has 35 heavy (non-hydrogen) atoms. The van der Waals surface area contributed by atoms with E-state index in [1.807, 2.05) is 36.4 Å². The molecule has 1 saturated heterocycles. The topological polar surface area (TPSA) is 85.4 Å². The maximum Gasteiger partial charge on any atom is 0.227 e. The summed E-state index contributed by atoms with van der Waals surface area (Å²) >= 11 is 0. The molecule has 1 unspecified atom stereocenters. The highest BCUT2D eigenvalue weighted by Crippen LogP contribution is 2.31. The number of anilines is 2. The Kier molecular flexibility index (Phi) is 7.10. The molecule has 0 spiro atoms. The molecule has 0 bridgehead atoms. The van der Waals surface area contributed by atoms with Crippen LogP contribution in [-0.4, -0.2) is 42.0 Å². The van der Waals surface area contributed by atoms with Crippen molar-refractivity contribution in [3.05, 3.63) is 78.0 Å². The van der Waals surface area contributed by atoms with Gasteiger partial charge in [-0.2, -0.15) is 5.26 Å². The Morgan fingerprint density at radius 1 is 1.06 bits per heavy atom. The number of carbonyl (C=O) groups is 1. The van der Waals surface area contributed by atoms with E-state index in [2.05, 4.69) is 38.3 Å². The largest absolute Gasteiger partial charge is 0.447 e. The first kappa shape index (κ1) is 23.1. The summed E-state index contributed by atoms with van der Waals surface area (Å²) in [7, 11) is 0. The van der Waals surface area contributed by atoms with Crippen LogP contribution in [0.3, 0.4) is 0 Å². The molecule has 2 aromatic carbocycles. The Hall–Kier alpha value is -3.63. The summed E-state index contributed by atoms with van der Waals surface area (Å²) in [5.41, 5.74) is 3.36. The molecule has 1 saturated carbocycles. The number of nitrogens with zero attached hydrogens (tertiary/aromatic N) is 4. The van der Waals surface area contributed by atoms with Gasteiger partial charge in [0.1, 0.15) is 18.4 Å². The van der Waals surface area contributed by atoms with Crippen molar-refractivity contribution in [3.63, 3.8) is 0 Å². The summed E-state index contributed by atoms with van der Waals surface area (Å²) in [6.45, 7) is 3.19. The number of carbonyl (C=O) groups excluding carboxylic acids is 1. The lowest BCUT2D eigenvalue weighted by Gasteiger charge is -2.39. The van der Waals surface area contributed by atoms with E-state index in [1.165, 1.54) is 6.42 Å². The number of hydrogen-bond donors (Lipinski definition) is 1. The number of amides is 1. The zero-order valence-corrected chi connectivity index (χ0v) is 19.9. The quantitative estimate of drug-likeness (QED) is 0.548. The average Bonchev–Trinajstić information content (AvgIpc) is 3.45. The van der Waals surface area contributed by atoms with Gasteiger partial charge >= 0.3 is 0 Å². The van der Waals surface area contributed by atoms with Crippen LogP contribution in [0.2, 0.25) is 0 Å². The normalized spacial score (nSPS) is 18.1. The summed E-state index contributed by atoms with van der Waals surface area (Å²) < 4.78 is 5.70. The van der Waals surface area contributed by atoms with E-state index < -0.39 is 0 Å². The zero-order chi connectivity index (χ0) is 24.0. The molecule has 2 heterocycles. The van der Waals surface area contributed by atoms with E-state index in [0.717, 1.165) is 63.1 Å². The average molecular weight is 470 g/mol. The lowest BCUT2D eigenvalue weighted by atomic mass is 9.88. The molecule has 3 aromatic rings. The minimum absolute atomic E-state index is 0.0406. The van der Waals surface area contributed by atoms with E-state index >= 15 is 0 Å². The van der Waals surface area contributed by atoms with Crippen molar-refractivity contribution in [1.29, 1.82) is 5.26 Å². The number of hydrogen-bond acceptors (Lipinski definition) is 6. The van der Waals surface area contributed by atoms with E-state index in [0.29, 0.717) is 17.1 Å². The van der Waals surface area contributed by atoms with Gasteiger partial charge in [0.2, 0.25) is 11.8 Å². The third-order valence-electron chi connectivity index (χ3n) is 7.18. The molecule has 7 nitrogen and oxygen atoms in total. The fraction of sp³-hybridized carbons (Fsp3) is 0.393. The third kappa shape index (κ3) is 5.23. The van der Waals surface area contributed by atoms with Gasteiger partial charge in [-0.3, -0.25) is 9.69 Å². The number of aromatic nitrogens is 1. The molecule has 1 aromatic heterocycles. The van der Waals surface area contributed by atoms with Crippen molar-refractivity contribution in [1.82, 2.24) is 9.88 Å². The maximum absolute atomic E-state index is 12.6. The van der Waals surface area contributed by atoms with Crippen LogP contribution in [0.25, 0.3) is 0 Å². The molecule has 1 amide bonds. The molecule has 1 aliphatic carbocycles. The van der Waals surface area contributed by atoms with E-state index in [9.17, 15) is 10.1 Å². The molecule has 2 fully saturated rings. The standard InChI is InChI=1S/C28H31N5O2/c29-20-23-19-24(31-27(34)22-9-5-2-6-10-22)11-12-25(23)32-14-16-33(17-15-32)26(28-30-13-18-35-28)21-7-3-1-4-8-21/h1,3-4,7-8,11-13,18-19,22,26H,2,5-6,9-10,14-17H2,(H,31,34). The van der Waals surface area contributed by atoms with E-state index in [1.54, 1.807) is 12.5 Å². The van der Waals surface area contributed by atoms with Crippen molar-refractivity contribution in [3.8, 4) is 6.07 Å². The lowest BCUT2D eigenvalue weighted by molar-refractivity contribution is -0.120. The monoisotopic (exact) mass is 469 g/mol. The van der Waals surface area contributed by atoms with Crippen LogP contribution in [0.5, 0.6) is 0 Å². The van der Waals surface area contributed by atoms with Crippen LogP contribution >= 0.6 is 0 Å². The van der Waals surface area contributed by atoms with Gasteiger partial charge in [0.15, 0.2) is 0 Å². The zero-order valence-electron chi connectivity index (χ0n) is 19.9. The molecule has 7 heteroatoms. The molecular weight excluding hydrogens is 438 g/mol. The molecule has 180 valence electrons. The predicted octanol–water partition coefficient (Wildman–Crippen LogP) is 4.98. The molecule has 1 N–H and O–H groups in total. The van der Waals surface area contributed by atoms with Crippen molar-refractivity contribution in [2.75, 3.05) is 36.4 Å². The van der Waals surface area contributed by atoms with Crippen LogP contribution in [0.4, 0.5) is 11.4 Å². The first-order chi connectivity index (χ1) is 17.2. The van der Waals surface area contributed by atoms with E-state index in [-0.39, 0.29) is 17.9 Å². The van der Waals surface area contributed by atoms with Crippen LogP contribution in [0.15, 0.2) is 65.4 Å². The Morgan fingerprint density at radius 3 is 2.51 bits per heavy atom. The van der Waals surface area contributed by atoms with Crippen LogP contribution in [-0.2, 0) is 4.79 Å². The lowest BCUT2D eigenvalue weighted by Crippen LogP contribution is -2.48. The van der Waals surface area contributed by atoms with Gasteiger partial charge in [0, 0.05) is 37.8 Å². The highest BCUT2D eigenvalue weighted by Gasteiger charge is 2.30. The predicted molar refractivity (Wildman–Crippen MR) is 135 cm³/mol. The Bertz CT molecular complexity index is 1160. The minimum atomic E-state index is -0.0406. The minimum Gasteiger partial charge on any atom is -0.447 e. The summed E-state index contributed by atoms with van der Waals surface area (Å²) in [5, 5.41) is 12.9. The fourth-order valence-corrected chi connectivity index (χ4v) is 5.32. The van der Waals surface area contributed by atoms with Gasteiger partial charge in [-0.05, 0) is 36.6 Å². The summed E-state index contributed by atoms with van der Waals surface area (Å²) in [6, 6.07) is 18.3. The maximum atomic E-state index is 12.6. The first-order valence-corrected chi connectivity index (χ1v) is 12.5. The molecule has 5 rings (SSSR count). The van der Waals surface area contributed by atoms with Gasteiger partial charge < -0.3 is 14.6 Å². The second kappa shape index (κ2) is 10.7. The van der Waals surface area contributed by atoms with Crippen LogP contribution in [0, 0.1) is 17.2 Å². The Morgan fingerprint density at radius 2 is 1.83 bits per heavy atom. The summed E-state index contributed by atoms with van der Waals surface area (Å²) in [5.74, 6) is 0.858. The highest BCUT2D eigenvalue weighted by molar-refractivity contribution is 5.93. The Balaban J connectivity index is 1.27. The van der Waals surface area contributed by atoms with Crippen molar-refractivity contribution in [2.24, 2.45) is 5.92 Å². The summed E-state index contributed by atoms with van der Waals surface area (Å²) in [6.07, 6.45) is 8.67. The van der Waals surface area contributed by atoms with Crippen molar-refractivity contribution < 1.29 is 9.21 Å². The molecular formula is C28H31N5O2. The van der Waals surface area contributed by atoms with Gasteiger partial charge in [-0.25, -0.2) is 4.98 Å². The van der Waals surface area contributed by atoms with Crippen molar-refractivity contribution >= 4 is 17.3 Å². The number of benzene rings is 2. The van der Waals surface area contributed by atoms with Crippen LogP contribution in [0.1, 0.15) is 55.2 Å². The van der Waals surface area contributed by atoms with Gasteiger partial charge in [0.05, 0.1) is 17.4 Å². The number of nitriles is 1.